The second-order valence-electron chi connectivity index (χ2n) is 16.0. The average molecular weight is 802 g/mol. The summed E-state index contributed by atoms with van der Waals surface area (Å²) in [5.41, 5.74) is 17.6. The summed E-state index contributed by atoms with van der Waals surface area (Å²) in [7, 11) is 0. The summed E-state index contributed by atoms with van der Waals surface area (Å²) < 4.78 is 0. The number of hydrogen-bond acceptors (Lipinski definition) is 1. The molecule has 63 heavy (non-hydrogen) atoms. The van der Waals surface area contributed by atoms with E-state index >= 15 is 0 Å². The Morgan fingerprint density at radius 3 is 1.44 bits per heavy atom. The van der Waals surface area contributed by atoms with Gasteiger partial charge in [-0.25, -0.2) is 0 Å². The fourth-order valence-electron chi connectivity index (χ4n) is 9.27. The lowest BCUT2D eigenvalue weighted by Gasteiger charge is -2.29. The number of hydrogen-bond donors (Lipinski definition) is 0. The van der Waals surface area contributed by atoms with Crippen molar-refractivity contribution in [1.82, 2.24) is 0 Å². The van der Waals surface area contributed by atoms with Crippen LogP contribution in [0, 0.1) is 0 Å². The molecule has 296 valence electrons. The van der Waals surface area contributed by atoms with Crippen molar-refractivity contribution in [2.75, 3.05) is 4.90 Å². The van der Waals surface area contributed by atoms with E-state index in [2.05, 4.69) is 266 Å². The van der Waals surface area contributed by atoms with Crippen LogP contribution in [-0.4, -0.2) is 0 Å². The Kier molecular flexibility index (Phi) is 9.97. The molecule has 0 N–H and O–H groups in total. The highest BCUT2D eigenvalue weighted by molar-refractivity contribution is 6.14. The summed E-state index contributed by atoms with van der Waals surface area (Å²) in [6.45, 7) is 0. The van der Waals surface area contributed by atoms with Crippen LogP contribution in [0.25, 0.3) is 88.3 Å². The van der Waals surface area contributed by atoms with Gasteiger partial charge in [0.2, 0.25) is 0 Å². The van der Waals surface area contributed by atoms with Gasteiger partial charge in [-0.3, -0.25) is 0 Å². The van der Waals surface area contributed by atoms with Gasteiger partial charge in [0.25, 0.3) is 0 Å². The predicted octanol–water partition coefficient (Wildman–Crippen LogP) is 17.5. The molecule has 0 spiro atoms. The van der Waals surface area contributed by atoms with Crippen LogP contribution in [0.15, 0.2) is 261 Å². The highest BCUT2D eigenvalue weighted by Gasteiger charge is 2.21. The maximum absolute atomic E-state index is 2.43. The normalized spacial score (nSPS) is 11.2. The van der Waals surface area contributed by atoms with Crippen molar-refractivity contribution in [2.45, 2.75) is 0 Å². The monoisotopic (exact) mass is 801 g/mol. The topological polar surface area (TPSA) is 3.24 Å². The molecule has 0 heterocycles. The maximum atomic E-state index is 2.43. The number of rotatable bonds is 9. The molecular formula is C62H43N. The predicted molar refractivity (Wildman–Crippen MR) is 269 cm³/mol. The molecule has 0 aromatic heterocycles. The zero-order valence-corrected chi connectivity index (χ0v) is 34.8. The van der Waals surface area contributed by atoms with E-state index in [-0.39, 0.29) is 0 Å². The van der Waals surface area contributed by atoms with Gasteiger partial charge in [-0.1, -0.05) is 218 Å². The van der Waals surface area contributed by atoms with Crippen molar-refractivity contribution in [3.05, 3.63) is 261 Å². The third-order valence-corrected chi connectivity index (χ3v) is 12.3. The first-order chi connectivity index (χ1) is 31.3. The molecule has 1 nitrogen and oxygen atoms in total. The van der Waals surface area contributed by atoms with Gasteiger partial charge in [-0.15, -0.1) is 0 Å². The summed E-state index contributed by atoms with van der Waals surface area (Å²) in [4.78, 5) is 2.43. The Morgan fingerprint density at radius 1 is 0.206 bits per heavy atom. The van der Waals surface area contributed by atoms with Gasteiger partial charge >= 0.3 is 0 Å². The van der Waals surface area contributed by atoms with Crippen molar-refractivity contribution < 1.29 is 0 Å². The maximum Gasteiger partial charge on any atom is 0.0540 e. The second-order valence-corrected chi connectivity index (χ2v) is 16.0. The summed E-state index contributed by atoms with van der Waals surface area (Å²) in [6.07, 6.45) is 0. The van der Waals surface area contributed by atoms with Crippen molar-refractivity contribution in [1.29, 1.82) is 0 Å². The average Bonchev–Trinajstić information content (AvgIpc) is 3.37. The van der Waals surface area contributed by atoms with Crippen LogP contribution in [0.5, 0.6) is 0 Å². The van der Waals surface area contributed by atoms with Gasteiger partial charge in [0.1, 0.15) is 0 Å². The molecule has 0 atom stereocenters. The van der Waals surface area contributed by atoms with E-state index in [1.54, 1.807) is 0 Å². The lowest BCUT2D eigenvalue weighted by Crippen LogP contribution is -2.11. The first kappa shape index (κ1) is 37.7. The fraction of sp³-hybridized carbons (Fsp3) is 0. The van der Waals surface area contributed by atoms with Crippen molar-refractivity contribution in [3.63, 3.8) is 0 Å². The van der Waals surface area contributed by atoms with Crippen molar-refractivity contribution in [2.24, 2.45) is 0 Å². The lowest BCUT2D eigenvalue weighted by molar-refractivity contribution is 1.28. The molecule has 0 aliphatic rings. The molecule has 0 bridgehead atoms. The molecule has 0 aliphatic carbocycles. The SMILES string of the molecule is c1ccc(-c2ccc(-c3ccc(N(c4cccc(-c5cc6ccccc6c6ccccc56)c4)c4ccccc4-c4ccccc4-c4ccccc4)cc3)c(-c3ccccc3)c2)cc1. The Hall–Kier alpha value is -8.26. The number of nitrogens with zero attached hydrogens (tertiary/aromatic N) is 1. The van der Waals surface area contributed by atoms with E-state index in [1.165, 1.54) is 77.2 Å². The van der Waals surface area contributed by atoms with Gasteiger partial charge in [0.05, 0.1) is 5.69 Å². The third kappa shape index (κ3) is 7.26. The summed E-state index contributed by atoms with van der Waals surface area (Å²) in [6, 6.07) is 94.7. The summed E-state index contributed by atoms with van der Waals surface area (Å²) >= 11 is 0. The minimum atomic E-state index is 1.08. The standard InChI is InChI=1S/C62H43N/c1-4-19-44(20-5-1)48-37-40-55(60(42-48)46-23-8-3-9-24-46)47-35-38-51(39-36-47)63(62-34-17-16-33-59(62)57-31-13-12-28-53(57)45-21-6-2-7-22-45)52-27-18-26-49(41-52)61-43-50-25-10-11-29-54(50)56-30-14-15-32-58(56)61/h1-43H. The Balaban J connectivity index is 1.09. The zero-order valence-electron chi connectivity index (χ0n) is 34.8. The van der Waals surface area contributed by atoms with E-state index in [4.69, 9.17) is 0 Å². The van der Waals surface area contributed by atoms with E-state index in [0.29, 0.717) is 0 Å². The van der Waals surface area contributed by atoms with Crippen LogP contribution < -0.4 is 4.90 Å². The summed E-state index contributed by atoms with van der Waals surface area (Å²) in [5, 5.41) is 5.01. The molecule has 11 aromatic rings. The quantitative estimate of drug-likeness (QED) is 0.131. The van der Waals surface area contributed by atoms with Crippen LogP contribution >= 0.6 is 0 Å². The highest BCUT2D eigenvalue weighted by atomic mass is 15.1. The first-order valence-corrected chi connectivity index (χ1v) is 21.7. The molecule has 1 heteroatoms. The minimum absolute atomic E-state index is 1.08. The van der Waals surface area contributed by atoms with Crippen LogP contribution in [0.4, 0.5) is 17.1 Å². The molecule has 0 saturated carbocycles. The number of benzene rings is 11. The van der Waals surface area contributed by atoms with Crippen LogP contribution in [0.3, 0.4) is 0 Å². The van der Waals surface area contributed by atoms with E-state index < -0.39 is 0 Å². The number of anilines is 3. The Morgan fingerprint density at radius 2 is 0.714 bits per heavy atom. The molecule has 0 aliphatic heterocycles. The Labute approximate surface area is 369 Å². The molecule has 11 aromatic carbocycles. The zero-order chi connectivity index (χ0) is 42.0. The molecule has 0 saturated heterocycles. The van der Waals surface area contributed by atoms with Gasteiger partial charge < -0.3 is 4.90 Å². The van der Waals surface area contributed by atoms with E-state index in [0.717, 1.165) is 28.2 Å². The number of fused-ring (bicyclic) bond motifs is 3. The smallest absolute Gasteiger partial charge is 0.0540 e. The molecule has 0 unspecified atom stereocenters. The van der Waals surface area contributed by atoms with Crippen molar-refractivity contribution >= 4 is 38.6 Å². The summed E-state index contributed by atoms with van der Waals surface area (Å²) in [5.74, 6) is 0. The number of para-hydroxylation sites is 1. The second kappa shape index (κ2) is 16.7. The van der Waals surface area contributed by atoms with Gasteiger partial charge in [-0.2, -0.15) is 0 Å². The largest absolute Gasteiger partial charge is 0.310 e. The van der Waals surface area contributed by atoms with Crippen LogP contribution in [0.2, 0.25) is 0 Å². The van der Waals surface area contributed by atoms with Crippen LogP contribution in [-0.2, 0) is 0 Å². The van der Waals surface area contributed by atoms with E-state index in [9.17, 15) is 0 Å². The minimum Gasteiger partial charge on any atom is -0.310 e. The van der Waals surface area contributed by atoms with Crippen LogP contribution in [0.1, 0.15) is 0 Å². The molecule has 0 radical (unpaired) electrons. The fourth-order valence-corrected chi connectivity index (χ4v) is 9.27. The highest BCUT2D eigenvalue weighted by Crippen LogP contribution is 2.46. The third-order valence-electron chi connectivity index (χ3n) is 12.3. The molecular weight excluding hydrogens is 759 g/mol. The lowest BCUT2D eigenvalue weighted by atomic mass is 9.90. The Bertz CT molecular complexity index is 3370. The van der Waals surface area contributed by atoms with Gasteiger partial charge in [0, 0.05) is 16.9 Å². The first-order valence-electron chi connectivity index (χ1n) is 21.7. The van der Waals surface area contributed by atoms with Gasteiger partial charge in [-0.05, 0) is 125 Å². The molecule has 11 rings (SSSR count). The van der Waals surface area contributed by atoms with Crippen molar-refractivity contribution in [3.8, 4) is 66.8 Å². The molecule has 0 amide bonds. The molecule has 0 fully saturated rings. The van der Waals surface area contributed by atoms with Gasteiger partial charge in [0.15, 0.2) is 0 Å². The van der Waals surface area contributed by atoms with E-state index in [1.807, 2.05) is 0 Å².